The third-order valence-corrected chi connectivity index (χ3v) is 5.06. The summed E-state index contributed by atoms with van der Waals surface area (Å²) < 4.78 is 13.3. The first-order chi connectivity index (χ1) is 11.5. The molecule has 1 aromatic carbocycles. The van der Waals surface area contributed by atoms with Crippen molar-refractivity contribution in [2.75, 3.05) is 26.2 Å². The summed E-state index contributed by atoms with van der Waals surface area (Å²) in [5.41, 5.74) is 5.90. The van der Waals surface area contributed by atoms with Gasteiger partial charge < -0.3 is 15.5 Å². The molecule has 6 heteroatoms. The maximum absolute atomic E-state index is 13.3. The Labute approximate surface area is 141 Å². The average Bonchev–Trinajstić information content (AvgIpc) is 2.88. The number of hydrogen-bond donors (Lipinski definition) is 1. The molecule has 1 aliphatic heterocycles. The summed E-state index contributed by atoms with van der Waals surface area (Å²) in [5, 5.41) is 0. The lowest BCUT2D eigenvalue weighted by Gasteiger charge is -2.30. The van der Waals surface area contributed by atoms with Crippen molar-refractivity contribution in [3.63, 3.8) is 0 Å². The monoisotopic (exact) mass is 333 g/mol. The predicted molar refractivity (Wildman–Crippen MR) is 88.9 cm³/mol. The highest BCUT2D eigenvalue weighted by Crippen LogP contribution is 2.29. The highest BCUT2D eigenvalue weighted by molar-refractivity contribution is 5.94. The molecule has 2 aliphatic rings. The Morgan fingerprint density at radius 1 is 1.00 bits per heavy atom. The Bertz CT molecular complexity index is 628. The molecule has 0 unspecified atom stereocenters. The smallest absolute Gasteiger partial charge is 0.254 e. The maximum atomic E-state index is 13.3. The molecule has 0 aromatic heterocycles. The summed E-state index contributed by atoms with van der Waals surface area (Å²) in [7, 11) is 0. The number of carbonyl (C=O) groups excluding carboxylic acids is 2. The zero-order valence-electron chi connectivity index (χ0n) is 13.8. The number of benzene rings is 1. The van der Waals surface area contributed by atoms with Crippen LogP contribution < -0.4 is 5.73 Å². The molecule has 1 saturated heterocycles. The van der Waals surface area contributed by atoms with Crippen LogP contribution in [0.15, 0.2) is 24.3 Å². The molecule has 5 nitrogen and oxygen atoms in total. The number of halogens is 1. The Kier molecular flexibility index (Phi) is 4.85. The number of hydrogen-bond acceptors (Lipinski definition) is 3. The van der Waals surface area contributed by atoms with Crippen molar-refractivity contribution in [3.05, 3.63) is 35.6 Å². The van der Waals surface area contributed by atoms with Crippen LogP contribution in [0.3, 0.4) is 0 Å². The van der Waals surface area contributed by atoms with E-state index in [1.807, 2.05) is 0 Å². The molecule has 2 N–H and O–H groups in total. The van der Waals surface area contributed by atoms with Crippen LogP contribution in [0.25, 0.3) is 0 Å². The molecule has 24 heavy (non-hydrogen) atoms. The van der Waals surface area contributed by atoms with Crippen LogP contribution in [0.5, 0.6) is 0 Å². The van der Waals surface area contributed by atoms with Crippen LogP contribution in [-0.4, -0.2) is 53.3 Å². The summed E-state index contributed by atoms with van der Waals surface area (Å²) in [4.78, 5) is 28.7. The molecule has 0 radical (unpaired) electrons. The minimum absolute atomic E-state index is 0.0139. The SMILES string of the molecule is NC1(C(=O)N2CCCN(C(=O)c3cccc(F)c3)CC2)CCCC1. The van der Waals surface area contributed by atoms with E-state index < -0.39 is 11.4 Å². The molecule has 0 bridgehead atoms. The van der Waals surface area contributed by atoms with Gasteiger partial charge in [-0.1, -0.05) is 18.9 Å². The van der Waals surface area contributed by atoms with E-state index in [-0.39, 0.29) is 11.8 Å². The Morgan fingerprint density at radius 3 is 2.38 bits per heavy atom. The van der Waals surface area contributed by atoms with Gasteiger partial charge >= 0.3 is 0 Å². The van der Waals surface area contributed by atoms with Crippen molar-refractivity contribution in [1.29, 1.82) is 0 Å². The second-order valence-electron chi connectivity index (χ2n) is 6.81. The van der Waals surface area contributed by atoms with Gasteiger partial charge in [-0.2, -0.15) is 0 Å². The van der Waals surface area contributed by atoms with Gasteiger partial charge in [0.1, 0.15) is 5.82 Å². The average molecular weight is 333 g/mol. The highest BCUT2D eigenvalue weighted by Gasteiger charge is 2.40. The van der Waals surface area contributed by atoms with E-state index >= 15 is 0 Å². The molecule has 1 aliphatic carbocycles. The van der Waals surface area contributed by atoms with Crippen molar-refractivity contribution < 1.29 is 14.0 Å². The normalized spacial score (nSPS) is 20.8. The molecule has 1 heterocycles. The van der Waals surface area contributed by atoms with Crippen molar-refractivity contribution in [3.8, 4) is 0 Å². The Hall–Kier alpha value is -1.95. The first-order valence-electron chi connectivity index (χ1n) is 8.63. The first-order valence-corrected chi connectivity index (χ1v) is 8.63. The lowest BCUT2D eigenvalue weighted by molar-refractivity contribution is -0.136. The van der Waals surface area contributed by atoms with Crippen molar-refractivity contribution in [1.82, 2.24) is 9.80 Å². The minimum Gasteiger partial charge on any atom is -0.339 e. The standard InChI is InChI=1S/C18H24FN3O2/c19-15-6-3-5-14(13-15)16(23)21-9-4-10-22(12-11-21)17(24)18(20)7-1-2-8-18/h3,5-6,13H,1-2,4,7-12,20H2. The molecular weight excluding hydrogens is 309 g/mol. The number of nitrogens with zero attached hydrogens (tertiary/aromatic N) is 2. The van der Waals surface area contributed by atoms with Gasteiger partial charge in [0.25, 0.3) is 5.91 Å². The van der Waals surface area contributed by atoms with Gasteiger partial charge in [-0.25, -0.2) is 4.39 Å². The van der Waals surface area contributed by atoms with Gasteiger partial charge in [0.15, 0.2) is 0 Å². The number of carbonyl (C=O) groups is 2. The number of nitrogens with two attached hydrogens (primary N) is 1. The zero-order valence-corrected chi connectivity index (χ0v) is 13.8. The van der Waals surface area contributed by atoms with Gasteiger partial charge in [0, 0.05) is 31.7 Å². The number of amides is 2. The second-order valence-corrected chi connectivity index (χ2v) is 6.81. The fourth-order valence-corrected chi connectivity index (χ4v) is 3.66. The molecular formula is C18H24FN3O2. The fraction of sp³-hybridized carbons (Fsp3) is 0.556. The molecule has 1 saturated carbocycles. The molecule has 2 fully saturated rings. The van der Waals surface area contributed by atoms with Crippen LogP contribution in [0.2, 0.25) is 0 Å². The van der Waals surface area contributed by atoms with Gasteiger partial charge in [-0.05, 0) is 37.5 Å². The van der Waals surface area contributed by atoms with Gasteiger partial charge in [-0.3, -0.25) is 9.59 Å². The highest BCUT2D eigenvalue weighted by atomic mass is 19.1. The topological polar surface area (TPSA) is 66.6 Å². The van der Waals surface area contributed by atoms with Crippen molar-refractivity contribution in [2.24, 2.45) is 5.73 Å². The van der Waals surface area contributed by atoms with E-state index in [1.54, 1.807) is 15.9 Å². The lowest BCUT2D eigenvalue weighted by atomic mass is 9.97. The zero-order chi connectivity index (χ0) is 17.2. The third-order valence-electron chi connectivity index (χ3n) is 5.06. The quantitative estimate of drug-likeness (QED) is 0.897. The summed E-state index contributed by atoms with van der Waals surface area (Å²) in [5.74, 6) is -0.592. The van der Waals surface area contributed by atoms with E-state index in [0.717, 1.165) is 25.7 Å². The van der Waals surface area contributed by atoms with Crippen molar-refractivity contribution in [2.45, 2.75) is 37.6 Å². The van der Waals surface area contributed by atoms with E-state index in [2.05, 4.69) is 0 Å². The maximum Gasteiger partial charge on any atom is 0.254 e. The molecule has 0 spiro atoms. The summed E-state index contributed by atoms with van der Waals surface area (Å²) in [6.45, 7) is 2.12. The second kappa shape index (κ2) is 6.89. The predicted octanol–water partition coefficient (Wildman–Crippen LogP) is 1.77. The van der Waals surface area contributed by atoms with Crippen molar-refractivity contribution >= 4 is 11.8 Å². The third kappa shape index (κ3) is 3.43. The van der Waals surface area contributed by atoms with Crippen LogP contribution in [0.1, 0.15) is 42.5 Å². The van der Waals surface area contributed by atoms with E-state index in [0.29, 0.717) is 38.2 Å². The van der Waals surface area contributed by atoms with Gasteiger partial charge in [-0.15, -0.1) is 0 Å². The number of rotatable bonds is 2. The fourth-order valence-electron chi connectivity index (χ4n) is 3.66. The van der Waals surface area contributed by atoms with E-state index in [1.165, 1.54) is 18.2 Å². The molecule has 0 atom stereocenters. The summed E-state index contributed by atoms with van der Waals surface area (Å²) in [6.07, 6.45) is 4.20. The minimum atomic E-state index is -0.720. The van der Waals surface area contributed by atoms with Crippen LogP contribution >= 0.6 is 0 Å². The lowest BCUT2D eigenvalue weighted by Crippen LogP contribution is -2.54. The molecule has 2 amide bonds. The Balaban J connectivity index is 1.64. The van der Waals surface area contributed by atoms with Crippen LogP contribution in [0.4, 0.5) is 4.39 Å². The van der Waals surface area contributed by atoms with Gasteiger partial charge in [0.05, 0.1) is 5.54 Å². The summed E-state index contributed by atoms with van der Waals surface area (Å²) in [6, 6.07) is 5.73. The van der Waals surface area contributed by atoms with Crippen LogP contribution in [-0.2, 0) is 4.79 Å². The molecule has 130 valence electrons. The van der Waals surface area contributed by atoms with E-state index in [4.69, 9.17) is 5.73 Å². The largest absolute Gasteiger partial charge is 0.339 e. The summed E-state index contributed by atoms with van der Waals surface area (Å²) >= 11 is 0. The molecule has 1 aromatic rings. The van der Waals surface area contributed by atoms with Gasteiger partial charge in [0.2, 0.25) is 5.91 Å². The Morgan fingerprint density at radius 2 is 1.67 bits per heavy atom. The molecule has 3 rings (SSSR count). The van der Waals surface area contributed by atoms with E-state index in [9.17, 15) is 14.0 Å². The first kappa shape index (κ1) is 16.9. The van der Waals surface area contributed by atoms with Crippen LogP contribution in [0, 0.1) is 5.82 Å².